The lowest BCUT2D eigenvalue weighted by molar-refractivity contribution is -0.123. The predicted molar refractivity (Wildman–Crippen MR) is 96.9 cm³/mol. The molecule has 0 spiro atoms. The number of benzene rings is 1. The fraction of sp³-hybridized carbons (Fsp3) is 0.611. The quantitative estimate of drug-likeness (QED) is 0.796. The third kappa shape index (κ3) is 4.31. The maximum atomic E-state index is 12.8. The Hall–Kier alpha value is -1.07. The maximum absolute atomic E-state index is 12.8. The minimum Gasteiger partial charge on any atom is -0.354 e. The molecule has 0 aromatic heterocycles. The largest absolute Gasteiger partial charge is 0.354 e. The van der Waals surface area contributed by atoms with E-state index >= 15 is 0 Å². The van der Waals surface area contributed by atoms with Crippen LogP contribution >= 0.6 is 11.6 Å². The third-order valence-electron chi connectivity index (χ3n) is 4.87. The molecule has 0 unspecified atom stereocenters. The zero-order chi connectivity index (χ0) is 17.8. The van der Waals surface area contributed by atoms with Crippen LogP contribution in [0.5, 0.6) is 0 Å². The average molecular weight is 372 g/mol. The van der Waals surface area contributed by atoms with Crippen molar-refractivity contribution in [1.82, 2.24) is 5.32 Å². The monoisotopic (exact) mass is 371 g/mol. The first-order valence-corrected chi connectivity index (χ1v) is 10.4. The molecule has 1 aliphatic rings. The SMILES string of the molecule is CC(C)(C(=O)NCC1CCCCCC1)S(=O)(=O)c1ccc(Cl)cc1. The Morgan fingerprint density at radius 1 is 1.12 bits per heavy atom. The standard InChI is InChI=1S/C18H26ClNO3S/c1-18(2,24(22,23)16-11-9-15(19)10-12-16)17(21)20-13-14-7-5-3-4-6-8-14/h9-12,14H,3-8,13H2,1-2H3,(H,20,21). The number of sulfone groups is 1. The molecule has 0 radical (unpaired) electrons. The number of carbonyl (C=O) groups is 1. The van der Waals surface area contributed by atoms with Gasteiger partial charge in [-0.2, -0.15) is 0 Å². The van der Waals surface area contributed by atoms with E-state index in [-0.39, 0.29) is 4.90 Å². The summed E-state index contributed by atoms with van der Waals surface area (Å²) in [6.07, 6.45) is 7.08. The van der Waals surface area contributed by atoms with Gasteiger partial charge in [0.25, 0.3) is 0 Å². The molecule has 134 valence electrons. The highest BCUT2D eigenvalue weighted by atomic mass is 35.5. The second kappa shape index (κ2) is 7.87. The fourth-order valence-corrected chi connectivity index (χ4v) is 4.57. The molecular weight excluding hydrogens is 346 g/mol. The van der Waals surface area contributed by atoms with Crippen molar-refractivity contribution in [3.8, 4) is 0 Å². The van der Waals surface area contributed by atoms with E-state index in [2.05, 4.69) is 5.32 Å². The van der Waals surface area contributed by atoms with Crippen molar-refractivity contribution in [2.75, 3.05) is 6.54 Å². The van der Waals surface area contributed by atoms with Gasteiger partial charge in [-0.1, -0.05) is 37.3 Å². The van der Waals surface area contributed by atoms with E-state index in [1.807, 2.05) is 0 Å². The topological polar surface area (TPSA) is 63.2 Å². The van der Waals surface area contributed by atoms with Gasteiger partial charge >= 0.3 is 0 Å². The molecule has 0 atom stereocenters. The Morgan fingerprint density at radius 3 is 2.21 bits per heavy atom. The third-order valence-corrected chi connectivity index (χ3v) is 7.54. The Labute approximate surface area is 149 Å². The van der Waals surface area contributed by atoms with Crippen LogP contribution in [0.1, 0.15) is 52.4 Å². The van der Waals surface area contributed by atoms with Gasteiger partial charge in [-0.25, -0.2) is 8.42 Å². The van der Waals surface area contributed by atoms with Crippen LogP contribution in [-0.4, -0.2) is 25.6 Å². The van der Waals surface area contributed by atoms with E-state index in [0.717, 1.165) is 12.8 Å². The normalized spacial score (nSPS) is 17.3. The summed E-state index contributed by atoms with van der Waals surface area (Å²) in [5.74, 6) is 0.00665. The van der Waals surface area contributed by atoms with Gasteiger partial charge in [0.1, 0.15) is 4.75 Å². The Bertz CT molecular complexity index is 660. The molecule has 1 N–H and O–H groups in total. The lowest BCUT2D eigenvalue weighted by atomic mass is 10.0. The van der Waals surface area contributed by atoms with E-state index in [0.29, 0.717) is 17.5 Å². The molecule has 1 aliphatic carbocycles. The number of rotatable bonds is 5. The highest BCUT2D eigenvalue weighted by Gasteiger charge is 2.42. The molecule has 1 fully saturated rings. The van der Waals surface area contributed by atoms with Crippen molar-refractivity contribution < 1.29 is 13.2 Å². The van der Waals surface area contributed by atoms with E-state index in [9.17, 15) is 13.2 Å². The number of halogens is 1. The molecule has 0 aliphatic heterocycles. The summed E-state index contributed by atoms with van der Waals surface area (Å²) in [6, 6.07) is 5.93. The Morgan fingerprint density at radius 2 is 1.67 bits per heavy atom. The summed E-state index contributed by atoms with van der Waals surface area (Å²) in [6.45, 7) is 3.47. The van der Waals surface area contributed by atoms with Crippen LogP contribution in [0.25, 0.3) is 0 Å². The highest BCUT2D eigenvalue weighted by molar-refractivity contribution is 7.93. The number of nitrogens with one attached hydrogen (secondary N) is 1. The second-order valence-corrected chi connectivity index (χ2v) is 9.97. The van der Waals surface area contributed by atoms with Gasteiger partial charge in [0, 0.05) is 11.6 Å². The second-order valence-electron chi connectivity index (χ2n) is 7.04. The molecule has 1 saturated carbocycles. The van der Waals surface area contributed by atoms with Crippen molar-refractivity contribution in [2.45, 2.75) is 62.0 Å². The summed E-state index contributed by atoms with van der Waals surface area (Å²) in [5, 5.41) is 3.33. The van der Waals surface area contributed by atoms with Crippen LogP contribution in [-0.2, 0) is 14.6 Å². The molecule has 0 heterocycles. The average Bonchev–Trinajstić information content (AvgIpc) is 2.81. The zero-order valence-electron chi connectivity index (χ0n) is 14.3. The van der Waals surface area contributed by atoms with Crippen molar-refractivity contribution >= 4 is 27.3 Å². The van der Waals surface area contributed by atoms with Gasteiger partial charge in [-0.3, -0.25) is 4.79 Å². The summed E-state index contributed by atoms with van der Waals surface area (Å²) >= 11 is 5.81. The van der Waals surface area contributed by atoms with Crippen LogP contribution in [0.4, 0.5) is 0 Å². The molecule has 1 amide bonds. The fourth-order valence-electron chi connectivity index (χ4n) is 3.05. The minimum absolute atomic E-state index is 0.113. The van der Waals surface area contributed by atoms with E-state index in [1.54, 1.807) is 0 Å². The van der Waals surface area contributed by atoms with Gasteiger partial charge in [0.05, 0.1) is 4.90 Å². The molecular formula is C18H26ClNO3S. The lowest BCUT2D eigenvalue weighted by Gasteiger charge is -2.25. The first-order chi connectivity index (χ1) is 11.2. The molecule has 2 rings (SSSR count). The zero-order valence-corrected chi connectivity index (χ0v) is 15.9. The van der Waals surface area contributed by atoms with Crippen LogP contribution in [0, 0.1) is 5.92 Å². The molecule has 0 bridgehead atoms. The number of amides is 1. The molecule has 0 saturated heterocycles. The van der Waals surface area contributed by atoms with E-state index < -0.39 is 20.5 Å². The van der Waals surface area contributed by atoms with Gasteiger partial charge in [-0.15, -0.1) is 0 Å². The minimum atomic E-state index is -3.79. The van der Waals surface area contributed by atoms with E-state index in [4.69, 9.17) is 11.6 Å². The number of hydrogen-bond donors (Lipinski definition) is 1. The summed E-state index contributed by atoms with van der Waals surface area (Å²) < 4.78 is 24.1. The van der Waals surface area contributed by atoms with Gasteiger partial charge in [0.15, 0.2) is 9.84 Å². The Balaban J connectivity index is 2.07. The molecule has 1 aromatic carbocycles. The molecule has 4 nitrogen and oxygen atoms in total. The molecule has 1 aromatic rings. The summed E-state index contributed by atoms with van der Waals surface area (Å²) in [5.41, 5.74) is 0. The lowest BCUT2D eigenvalue weighted by Crippen LogP contribution is -2.49. The smallest absolute Gasteiger partial charge is 0.241 e. The van der Waals surface area contributed by atoms with Crippen molar-refractivity contribution in [3.05, 3.63) is 29.3 Å². The van der Waals surface area contributed by atoms with Crippen molar-refractivity contribution in [3.63, 3.8) is 0 Å². The van der Waals surface area contributed by atoms with Gasteiger partial charge in [0.2, 0.25) is 5.91 Å². The summed E-state index contributed by atoms with van der Waals surface area (Å²) in [7, 11) is -3.79. The van der Waals surface area contributed by atoms with Crippen molar-refractivity contribution in [1.29, 1.82) is 0 Å². The van der Waals surface area contributed by atoms with Gasteiger partial charge in [-0.05, 0) is 56.9 Å². The Kier molecular flexibility index (Phi) is 6.32. The molecule has 24 heavy (non-hydrogen) atoms. The molecule has 6 heteroatoms. The number of carbonyl (C=O) groups excluding carboxylic acids is 1. The van der Waals surface area contributed by atoms with Crippen LogP contribution < -0.4 is 5.32 Å². The van der Waals surface area contributed by atoms with Crippen LogP contribution in [0.2, 0.25) is 5.02 Å². The van der Waals surface area contributed by atoms with Gasteiger partial charge < -0.3 is 5.32 Å². The van der Waals surface area contributed by atoms with Crippen molar-refractivity contribution in [2.24, 2.45) is 5.92 Å². The van der Waals surface area contributed by atoms with Crippen LogP contribution in [0.15, 0.2) is 29.2 Å². The number of hydrogen-bond acceptors (Lipinski definition) is 3. The maximum Gasteiger partial charge on any atom is 0.241 e. The van der Waals surface area contributed by atoms with E-state index in [1.165, 1.54) is 63.8 Å². The predicted octanol–water partition coefficient (Wildman–Crippen LogP) is 3.98. The first-order valence-electron chi connectivity index (χ1n) is 8.53. The highest BCUT2D eigenvalue weighted by Crippen LogP contribution is 2.27. The first kappa shape index (κ1) is 19.3. The summed E-state index contributed by atoms with van der Waals surface area (Å²) in [4.78, 5) is 12.7. The van der Waals surface area contributed by atoms with Crippen LogP contribution in [0.3, 0.4) is 0 Å².